The van der Waals surface area contributed by atoms with Crippen molar-refractivity contribution in [3.8, 4) is 11.4 Å². The average molecular weight is 282 g/mol. The molecule has 5 heteroatoms. The molecule has 0 unspecified atom stereocenters. The normalized spacial score (nSPS) is 11.3. The summed E-state index contributed by atoms with van der Waals surface area (Å²) in [6.07, 6.45) is 0. The van der Waals surface area contributed by atoms with Gasteiger partial charge in [-0.05, 0) is 36.6 Å². The largest absolute Gasteiger partial charge is 0.310 e. The monoisotopic (exact) mass is 281 g/mol. The minimum Gasteiger partial charge on any atom is -0.310 e. The van der Waals surface area contributed by atoms with Gasteiger partial charge in [-0.1, -0.05) is 13.8 Å². The Kier molecular flexibility index (Phi) is 4.20. The van der Waals surface area contributed by atoms with E-state index in [4.69, 9.17) is 11.6 Å². The molecule has 0 spiro atoms. The van der Waals surface area contributed by atoms with Crippen LogP contribution in [0.25, 0.3) is 11.4 Å². The molecule has 1 aromatic heterocycles. The molecule has 2 rings (SSSR count). The van der Waals surface area contributed by atoms with Crippen molar-refractivity contribution in [3.63, 3.8) is 0 Å². The van der Waals surface area contributed by atoms with E-state index in [-0.39, 0.29) is 5.82 Å². The highest BCUT2D eigenvalue weighted by Gasteiger charge is 2.15. The Hall–Kier alpha value is -1.42. The van der Waals surface area contributed by atoms with E-state index in [0.29, 0.717) is 23.4 Å². The molecule has 0 N–H and O–H groups in total. The number of alkyl halides is 1. The highest BCUT2D eigenvalue weighted by atomic mass is 35.5. The van der Waals surface area contributed by atoms with Crippen LogP contribution < -0.4 is 0 Å². The maximum absolute atomic E-state index is 13.5. The lowest BCUT2D eigenvalue weighted by atomic mass is 10.1. The maximum Gasteiger partial charge on any atom is 0.164 e. The van der Waals surface area contributed by atoms with Gasteiger partial charge < -0.3 is 4.57 Å². The first-order chi connectivity index (χ1) is 9.01. The van der Waals surface area contributed by atoms with E-state index >= 15 is 0 Å². The third-order valence-corrected chi connectivity index (χ3v) is 3.03. The number of aryl methyl sites for hydroxylation is 1. The van der Waals surface area contributed by atoms with E-state index in [1.807, 2.05) is 17.6 Å². The van der Waals surface area contributed by atoms with Gasteiger partial charge >= 0.3 is 0 Å². The molecule has 102 valence electrons. The number of halogens is 2. The van der Waals surface area contributed by atoms with Crippen LogP contribution in [0.2, 0.25) is 0 Å². The Labute approximate surface area is 117 Å². The van der Waals surface area contributed by atoms with Crippen molar-refractivity contribution >= 4 is 11.6 Å². The summed E-state index contributed by atoms with van der Waals surface area (Å²) in [6.45, 7) is 6.84. The van der Waals surface area contributed by atoms with E-state index < -0.39 is 0 Å². The molecular weight excluding hydrogens is 265 g/mol. The molecule has 0 amide bonds. The predicted molar refractivity (Wildman–Crippen MR) is 74.5 cm³/mol. The smallest absolute Gasteiger partial charge is 0.164 e. The second kappa shape index (κ2) is 5.70. The van der Waals surface area contributed by atoms with Gasteiger partial charge in [0.2, 0.25) is 0 Å². The molecule has 0 fully saturated rings. The summed E-state index contributed by atoms with van der Waals surface area (Å²) in [5, 5.41) is 8.24. The molecule has 0 saturated carbocycles. The minimum atomic E-state index is -0.262. The quantitative estimate of drug-likeness (QED) is 0.799. The molecule has 2 aromatic rings. The van der Waals surface area contributed by atoms with E-state index in [1.165, 1.54) is 12.1 Å². The number of aromatic nitrogens is 3. The number of benzene rings is 1. The van der Waals surface area contributed by atoms with Gasteiger partial charge in [0.05, 0.1) is 5.88 Å². The molecule has 0 bridgehead atoms. The molecule has 0 atom stereocenters. The summed E-state index contributed by atoms with van der Waals surface area (Å²) < 4.78 is 15.5. The standard InChI is InChI=1S/C14H17ClFN3/c1-9(2)8-19-13(7-15)17-18-14(19)11-4-10(3)5-12(16)6-11/h4-6,9H,7-8H2,1-3H3. The van der Waals surface area contributed by atoms with Crippen LogP contribution in [0.3, 0.4) is 0 Å². The van der Waals surface area contributed by atoms with Crippen molar-refractivity contribution < 1.29 is 4.39 Å². The molecular formula is C14H17ClFN3. The zero-order chi connectivity index (χ0) is 14.0. The van der Waals surface area contributed by atoms with Gasteiger partial charge in [0, 0.05) is 12.1 Å². The summed E-state index contributed by atoms with van der Waals surface area (Å²) in [5.41, 5.74) is 1.60. The summed E-state index contributed by atoms with van der Waals surface area (Å²) in [5.74, 6) is 1.86. The molecule has 3 nitrogen and oxygen atoms in total. The Balaban J connectivity index is 2.51. The first-order valence-corrected chi connectivity index (χ1v) is 6.80. The molecule has 19 heavy (non-hydrogen) atoms. The Morgan fingerprint density at radius 3 is 2.58 bits per heavy atom. The van der Waals surface area contributed by atoms with E-state index in [9.17, 15) is 4.39 Å². The van der Waals surface area contributed by atoms with Gasteiger partial charge in [0.15, 0.2) is 5.82 Å². The van der Waals surface area contributed by atoms with Crippen LogP contribution in [0.5, 0.6) is 0 Å². The van der Waals surface area contributed by atoms with Gasteiger partial charge in [-0.2, -0.15) is 0 Å². The summed E-state index contributed by atoms with van der Waals surface area (Å²) in [4.78, 5) is 0. The van der Waals surface area contributed by atoms with Crippen LogP contribution in [0.15, 0.2) is 18.2 Å². The van der Waals surface area contributed by atoms with Crippen LogP contribution in [-0.2, 0) is 12.4 Å². The Morgan fingerprint density at radius 1 is 1.26 bits per heavy atom. The topological polar surface area (TPSA) is 30.7 Å². The van der Waals surface area contributed by atoms with E-state index in [2.05, 4.69) is 24.0 Å². The van der Waals surface area contributed by atoms with Gasteiger partial charge in [0.1, 0.15) is 11.6 Å². The Bertz CT molecular complexity index is 558. The van der Waals surface area contributed by atoms with E-state index in [0.717, 1.165) is 17.7 Å². The average Bonchev–Trinajstić information content (AvgIpc) is 2.69. The highest BCUT2D eigenvalue weighted by Crippen LogP contribution is 2.22. The van der Waals surface area contributed by atoms with Gasteiger partial charge in [-0.25, -0.2) is 4.39 Å². The number of hydrogen-bond acceptors (Lipinski definition) is 2. The third kappa shape index (κ3) is 3.13. The van der Waals surface area contributed by atoms with Crippen LogP contribution in [0.4, 0.5) is 4.39 Å². The van der Waals surface area contributed by atoms with Crippen molar-refractivity contribution in [1.29, 1.82) is 0 Å². The van der Waals surface area contributed by atoms with Gasteiger partial charge in [0.25, 0.3) is 0 Å². The predicted octanol–water partition coefficient (Wildman–Crippen LogP) is 3.79. The van der Waals surface area contributed by atoms with Crippen LogP contribution >= 0.6 is 11.6 Å². The molecule has 0 radical (unpaired) electrons. The molecule has 1 aromatic carbocycles. The fourth-order valence-electron chi connectivity index (χ4n) is 2.07. The van der Waals surface area contributed by atoms with Crippen molar-refractivity contribution in [1.82, 2.24) is 14.8 Å². The number of rotatable bonds is 4. The first-order valence-electron chi connectivity index (χ1n) is 6.27. The molecule has 0 saturated heterocycles. The SMILES string of the molecule is Cc1cc(F)cc(-c2nnc(CCl)n2CC(C)C)c1. The maximum atomic E-state index is 13.5. The summed E-state index contributed by atoms with van der Waals surface area (Å²) in [7, 11) is 0. The lowest BCUT2D eigenvalue weighted by molar-refractivity contribution is 0.515. The van der Waals surface area contributed by atoms with Crippen LogP contribution in [0.1, 0.15) is 25.2 Å². The lowest BCUT2D eigenvalue weighted by Crippen LogP contribution is -2.09. The fraction of sp³-hybridized carbons (Fsp3) is 0.429. The number of nitrogens with zero attached hydrogens (tertiary/aromatic N) is 3. The van der Waals surface area contributed by atoms with Crippen molar-refractivity contribution in [3.05, 3.63) is 35.4 Å². The fourth-order valence-corrected chi connectivity index (χ4v) is 2.27. The van der Waals surface area contributed by atoms with Gasteiger partial charge in [-0.3, -0.25) is 0 Å². The Morgan fingerprint density at radius 2 is 2.00 bits per heavy atom. The molecule has 0 aliphatic carbocycles. The van der Waals surface area contributed by atoms with Gasteiger partial charge in [-0.15, -0.1) is 21.8 Å². The molecule has 1 heterocycles. The second-order valence-electron chi connectivity index (χ2n) is 5.10. The molecule has 0 aliphatic rings. The van der Waals surface area contributed by atoms with Crippen molar-refractivity contribution in [2.24, 2.45) is 5.92 Å². The minimum absolute atomic E-state index is 0.262. The third-order valence-electron chi connectivity index (χ3n) is 2.79. The lowest BCUT2D eigenvalue weighted by Gasteiger charge is -2.12. The zero-order valence-electron chi connectivity index (χ0n) is 11.3. The van der Waals surface area contributed by atoms with Crippen LogP contribution in [0, 0.1) is 18.7 Å². The van der Waals surface area contributed by atoms with Crippen LogP contribution in [-0.4, -0.2) is 14.8 Å². The number of hydrogen-bond donors (Lipinski definition) is 0. The summed E-state index contributed by atoms with van der Waals surface area (Å²) in [6, 6.07) is 4.88. The molecule has 0 aliphatic heterocycles. The van der Waals surface area contributed by atoms with Crippen molar-refractivity contribution in [2.45, 2.75) is 33.2 Å². The highest BCUT2D eigenvalue weighted by molar-refractivity contribution is 6.16. The zero-order valence-corrected chi connectivity index (χ0v) is 12.1. The summed E-state index contributed by atoms with van der Waals surface area (Å²) >= 11 is 5.88. The van der Waals surface area contributed by atoms with Crippen molar-refractivity contribution in [2.75, 3.05) is 0 Å². The first kappa shape index (κ1) is 14.0. The second-order valence-corrected chi connectivity index (χ2v) is 5.36. The van der Waals surface area contributed by atoms with E-state index in [1.54, 1.807) is 0 Å².